The zero-order chi connectivity index (χ0) is 18.2. The minimum absolute atomic E-state index is 0.0477. The van der Waals surface area contributed by atoms with E-state index >= 15 is 0 Å². The smallest absolute Gasteiger partial charge is 0.166 e. The monoisotopic (exact) mass is 343 g/mol. The average molecular weight is 343 g/mol. The van der Waals surface area contributed by atoms with Gasteiger partial charge in [0, 0.05) is 0 Å². The van der Waals surface area contributed by atoms with Gasteiger partial charge < -0.3 is 0 Å². The van der Waals surface area contributed by atoms with Crippen LogP contribution >= 0.6 is 0 Å². The van der Waals surface area contributed by atoms with Crippen molar-refractivity contribution in [1.29, 1.82) is 0 Å². The third-order valence-corrected chi connectivity index (χ3v) is 3.66. The molecule has 0 spiro atoms. The fourth-order valence-electron chi connectivity index (χ4n) is 2.38. The summed E-state index contributed by atoms with van der Waals surface area (Å²) in [6.45, 7) is 3.16. The van der Waals surface area contributed by atoms with Crippen molar-refractivity contribution in [2.24, 2.45) is 0 Å². The van der Waals surface area contributed by atoms with Gasteiger partial charge >= 0.3 is 12.4 Å². The molecule has 0 saturated carbocycles. The lowest BCUT2D eigenvalue weighted by Crippen LogP contribution is -2.35. The van der Waals surface area contributed by atoms with Gasteiger partial charge in [0.15, 0.2) is 7.28 Å². The van der Waals surface area contributed by atoms with Crippen LogP contribution in [0.4, 0.5) is 26.3 Å². The molecule has 0 amide bonds. The van der Waals surface area contributed by atoms with Gasteiger partial charge in [0.05, 0.1) is 11.1 Å². The molecule has 0 unspecified atom stereocenters. The largest absolute Gasteiger partial charge is 0.416 e. The van der Waals surface area contributed by atoms with E-state index in [1.807, 2.05) is 0 Å². The molecular weight excluding hydrogens is 329 g/mol. The molecule has 0 saturated heterocycles. The SMILES string of the molecule is CC(C)([B]c1ccccc1)c1cc(C(F)(F)F)cc(C(F)(F)F)c1. The van der Waals surface area contributed by atoms with Crippen LogP contribution in [0.1, 0.15) is 30.5 Å². The normalized spacial score (nSPS) is 13.0. The molecule has 7 heteroatoms. The van der Waals surface area contributed by atoms with Crippen LogP contribution in [0.3, 0.4) is 0 Å². The molecule has 2 aromatic rings. The summed E-state index contributed by atoms with van der Waals surface area (Å²) in [6, 6.07) is 10.4. The third kappa shape index (κ3) is 4.33. The Balaban J connectivity index is 2.51. The predicted molar refractivity (Wildman–Crippen MR) is 81.3 cm³/mol. The Morgan fingerprint density at radius 2 is 1.08 bits per heavy atom. The molecule has 0 heterocycles. The molecule has 0 aliphatic rings. The Hall–Kier alpha value is -1.92. The summed E-state index contributed by atoms with van der Waals surface area (Å²) in [5, 5.41) is -1.01. The average Bonchev–Trinajstić information content (AvgIpc) is 2.45. The maximum Gasteiger partial charge on any atom is 0.416 e. The lowest BCUT2D eigenvalue weighted by Gasteiger charge is -2.27. The number of hydrogen-bond acceptors (Lipinski definition) is 0. The van der Waals surface area contributed by atoms with Crippen LogP contribution < -0.4 is 5.46 Å². The summed E-state index contributed by atoms with van der Waals surface area (Å²) in [5.74, 6) is 0. The Morgan fingerprint density at radius 1 is 0.667 bits per heavy atom. The number of hydrogen-bond donors (Lipinski definition) is 0. The van der Waals surface area contributed by atoms with Gasteiger partial charge in [-0.15, -0.1) is 0 Å². The lowest BCUT2D eigenvalue weighted by atomic mass is 9.48. The Morgan fingerprint density at radius 3 is 1.50 bits per heavy atom. The van der Waals surface area contributed by atoms with E-state index in [1.165, 1.54) is 0 Å². The Labute approximate surface area is 136 Å². The van der Waals surface area contributed by atoms with Crippen LogP contribution in [0, 0.1) is 0 Å². The van der Waals surface area contributed by atoms with Gasteiger partial charge in [0.1, 0.15) is 0 Å². The molecule has 127 valence electrons. The maximum atomic E-state index is 13.0. The van der Waals surface area contributed by atoms with Crippen molar-refractivity contribution < 1.29 is 26.3 Å². The van der Waals surface area contributed by atoms with Gasteiger partial charge in [-0.2, -0.15) is 26.3 Å². The number of benzene rings is 2. The van der Waals surface area contributed by atoms with E-state index in [0.717, 1.165) is 12.1 Å². The quantitative estimate of drug-likeness (QED) is 0.544. The standard InChI is InChI=1S/C17H14BF6/c1-15(2,18-14-6-4-3-5-7-14)11-8-12(16(19,20)21)10-13(9-11)17(22,23)24/h3-10H,1-2H3. The van der Waals surface area contributed by atoms with Gasteiger partial charge in [0.2, 0.25) is 0 Å². The van der Waals surface area contributed by atoms with Gasteiger partial charge in [0.25, 0.3) is 0 Å². The summed E-state index contributed by atoms with van der Waals surface area (Å²) in [5.41, 5.74) is -1.94. The molecule has 0 fully saturated rings. The van der Waals surface area contributed by atoms with Crippen molar-refractivity contribution in [3.05, 3.63) is 65.2 Å². The molecule has 2 rings (SSSR count). The lowest BCUT2D eigenvalue weighted by molar-refractivity contribution is -0.143. The predicted octanol–water partition coefficient (Wildman–Crippen LogP) is 4.99. The fraction of sp³-hybridized carbons (Fsp3) is 0.294. The van der Waals surface area contributed by atoms with Gasteiger partial charge in [-0.1, -0.05) is 49.6 Å². The van der Waals surface area contributed by atoms with E-state index in [2.05, 4.69) is 0 Å². The van der Waals surface area contributed by atoms with Crippen LogP contribution in [0.15, 0.2) is 48.5 Å². The highest BCUT2D eigenvalue weighted by molar-refractivity contribution is 6.56. The van der Waals surface area contributed by atoms with E-state index in [0.29, 0.717) is 5.46 Å². The fourth-order valence-corrected chi connectivity index (χ4v) is 2.38. The summed E-state index contributed by atoms with van der Waals surface area (Å²) < 4.78 is 77.8. The molecule has 0 nitrogen and oxygen atoms in total. The van der Waals surface area contributed by atoms with Crippen molar-refractivity contribution in [2.75, 3.05) is 0 Å². The molecule has 0 aliphatic carbocycles. The summed E-state index contributed by atoms with van der Waals surface area (Å²) >= 11 is 0. The van der Waals surface area contributed by atoms with Crippen molar-refractivity contribution in [1.82, 2.24) is 0 Å². The second-order valence-electron chi connectivity index (χ2n) is 6.07. The summed E-state index contributed by atoms with van der Waals surface area (Å²) in [7, 11) is 1.64. The molecular formula is C17H14BF6. The van der Waals surface area contributed by atoms with Crippen molar-refractivity contribution in [2.45, 2.75) is 31.5 Å². The van der Waals surface area contributed by atoms with Gasteiger partial charge in [-0.3, -0.25) is 0 Å². The molecule has 24 heavy (non-hydrogen) atoms. The first-order chi connectivity index (χ1) is 10.9. The summed E-state index contributed by atoms with van der Waals surface area (Å²) in [6.07, 6.45) is -9.70. The molecule has 2 aromatic carbocycles. The molecule has 0 atom stereocenters. The highest BCUT2D eigenvalue weighted by atomic mass is 19.4. The zero-order valence-electron chi connectivity index (χ0n) is 13.0. The molecule has 0 bridgehead atoms. The second-order valence-corrected chi connectivity index (χ2v) is 6.07. The highest BCUT2D eigenvalue weighted by Gasteiger charge is 2.38. The number of alkyl halides is 6. The van der Waals surface area contributed by atoms with E-state index < -0.39 is 28.8 Å². The van der Waals surface area contributed by atoms with Crippen molar-refractivity contribution >= 4 is 12.7 Å². The minimum Gasteiger partial charge on any atom is -0.166 e. The van der Waals surface area contributed by atoms with Crippen molar-refractivity contribution in [3.63, 3.8) is 0 Å². The van der Waals surface area contributed by atoms with Crippen LogP contribution in [0.2, 0.25) is 0 Å². The first-order valence-electron chi connectivity index (χ1n) is 7.10. The first kappa shape index (κ1) is 18.4. The Kier molecular flexibility index (Phi) is 4.75. The highest BCUT2D eigenvalue weighted by Crippen LogP contribution is 2.38. The van der Waals surface area contributed by atoms with Crippen LogP contribution in [-0.2, 0) is 17.7 Å². The van der Waals surface area contributed by atoms with E-state index in [4.69, 9.17) is 0 Å². The molecule has 1 radical (unpaired) electrons. The van der Waals surface area contributed by atoms with E-state index in [1.54, 1.807) is 51.5 Å². The third-order valence-electron chi connectivity index (χ3n) is 3.66. The molecule has 0 N–H and O–H groups in total. The maximum absolute atomic E-state index is 13.0. The number of halogens is 6. The Bertz CT molecular complexity index is 669. The molecule has 0 aliphatic heterocycles. The number of rotatable bonds is 3. The minimum atomic E-state index is -4.85. The van der Waals surface area contributed by atoms with E-state index in [-0.39, 0.29) is 11.6 Å². The van der Waals surface area contributed by atoms with E-state index in [9.17, 15) is 26.3 Å². The summed E-state index contributed by atoms with van der Waals surface area (Å²) in [4.78, 5) is 0. The first-order valence-corrected chi connectivity index (χ1v) is 7.10. The van der Waals surface area contributed by atoms with Crippen LogP contribution in [0.25, 0.3) is 0 Å². The second kappa shape index (κ2) is 6.18. The van der Waals surface area contributed by atoms with Gasteiger partial charge in [-0.25, -0.2) is 0 Å². The zero-order valence-corrected chi connectivity index (χ0v) is 13.0. The molecule has 0 aromatic heterocycles. The van der Waals surface area contributed by atoms with Crippen LogP contribution in [-0.4, -0.2) is 7.28 Å². The topological polar surface area (TPSA) is 0 Å². The van der Waals surface area contributed by atoms with Gasteiger partial charge in [-0.05, 0) is 29.1 Å². The van der Waals surface area contributed by atoms with Crippen molar-refractivity contribution in [3.8, 4) is 0 Å². The van der Waals surface area contributed by atoms with Crippen LogP contribution in [0.5, 0.6) is 0 Å².